The third-order valence-corrected chi connectivity index (χ3v) is 3.73. The molecule has 0 amide bonds. The Morgan fingerprint density at radius 2 is 2.56 bits per heavy atom. The fourth-order valence-corrected chi connectivity index (χ4v) is 2.60. The van der Waals surface area contributed by atoms with Gasteiger partial charge in [-0.15, -0.1) is 0 Å². The summed E-state index contributed by atoms with van der Waals surface area (Å²) in [6.45, 7) is 1.72. The van der Waals surface area contributed by atoms with Gasteiger partial charge in [-0.25, -0.2) is 9.78 Å². The van der Waals surface area contributed by atoms with E-state index >= 15 is 0 Å². The van der Waals surface area contributed by atoms with Crippen molar-refractivity contribution in [2.75, 3.05) is 25.1 Å². The molecule has 1 aliphatic rings. The monoisotopic (exact) mass is 242 g/mol. The van der Waals surface area contributed by atoms with Gasteiger partial charge in [0, 0.05) is 20.2 Å². The van der Waals surface area contributed by atoms with Crippen molar-refractivity contribution in [1.29, 1.82) is 0 Å². The van der Waals surface area contributed by atoms with Crippen LogP contribution < -0.4 is 4.90 Å². The number of thiazole rings is 1. The lowest BCUT2D eigenvalue weighted by atomic mass is 10.1. The molecule has 1 atom stereocenters. The van der Waals surface area contributed by atoms with Crippen molar-refractivity contribution in [2.45, 2.75) is 18.9 Å². The van der Waals surface area contributed by atoms with Gasteiger partial charge in [0.2, 0.25) is 0 Å². The zero-order valence-electron chi connectivity index (χ0n) is 9.05. The van der Waals surface area contributed by atoms with Crippen LogP contribution >= 0.6 is 11.3 Å². The van der Waals surface area contributed by atoms with Gasteiger partial charge in [0.25, 0.3) is 0 Å². The van der Waals surface area contributed by atoms with Crippen LogP contribution in [0.5, 0.6) is 0 Å². The summed E-state index contributed by atoms with van der Waals surface area (Å²) >= 11 is 1.22. The first-order valence-electron chi connectivity index (χ1n) is 5.17. The molecule has 1 fully saturated rings. The summed E-state index contributed by atoms with van der Waals surface area (Å²) in [7, 11) is 1.71. The minimum atomic E-state index is -0.913. The van der Waals surface area contributed by atoms with Gasteiger partial charge in [-0.05, 0) is 12.8 Å². The van der Waals surface area contributed by atoms with E-state index < -0.39 is 5.97 Å². The number of carbonyl (C=O) groups is 1. The Balaban J connectivity index is 2.08. The quantitative estimate of drug-likeness (QED) is 0.869. The molecule has 1 N–H and O–H groups in total. The van der Waals surface area contributed by atoms with Gasteiger partial charge in [0.1, 0.15) is 4.88 Å². The predicted molar refractivity (Wildman–Crippen MR) is 61.3 cm³/mol. The number of aromatic nitrogens is 1. The largest absolute Gasteiger partial charge is 0.477 e. The number of methoxy groups -OCH3 is 1. The first kappa shape index (κ1) is 11.3. The van der Waals surface area contributed by atoms with Crippen LogP contribution in [-0.4, -0.2) is 42.4 Å². The average Bonchev–Trinajstić information content (AvgIpc) is 2.78. The molecule has 1 aliphatic heterocycles. The Hall–Kier alpha value is -1.14. The third-order valence-electron chi connectivity index (χ3n) is 2.69. The SMILES string of the molecule is COC1CCCN(c2ncc(C(=O)O)s2)C1. The third kappa shape index (κ3) is 2.33. The van der Waals surface area contributed by atoms with E-state index in [9.17, 15) is 4.79 Å². The van der Waals surface area contributed by atoms with E-state index in [0.29, 0.717) is 0 Å². The highest BCUT2D eigenvalue weighted by molar-refractivity contribution is 7.17. The maximum atomic E-state index is 10.7. The highest BCUT2D eigenvalue weighted by Crippen LogP contribution is 2.26. The lowest BCUT2D eigenvalue weighted by molar-refractivity contribution is 0.0702. The van der Waals surface area contributed by atoms with Crippen LogP contribution in [0.1, 0.15) is 22.5 Å². The van der Waals surface area contributed by atoms with E-state index in [-0.39, 0.29) is 11.0 Å². The summed E-state index contributed by atoms with van der Waals surface area (Å²) in [4.78, 5) is 17.3. The summed E-state index contributed by atoms with van der Waals surface area (Å²) in [5.41, 5.74) is 0. The van der Waals surface area contributed by atoms with Crippen molar-refractivity contribution < 1.29 is 14.6 Å². The van der Waals surface area contributed by atoms with Crippen molar-refractivity contribution in [1.82, 2.24) is 4.98 Å². The van der Waals surface area contributed by atoms with Gasteiger partial charge in [-0.3, -0.25) is 0 Å². The van der Waals surface area contributed by atoms with Crippen LogP contribution in [-0.2, 0) is 4.74 Å². The molecular formula is C10H14N2O3S. The molecule has 16 heavy (non-hydrogen) atoms. The Morgan fingerprint density at radius 3 is 3.19 bits per heavy atom. The van der Waals surface area contributed by atoms with Crippen LogP contribution in [0.2, 0.25) is 0 Å². The van der Waals surface area contributed by atoms with Gasteiger partial charge in [-0.1, -0.05) is 11.3 Å². The second-order valence-electron chi connectivity index (χ2n) is 3.76. The summed E-state index contributed by atoms with van der Waals surface area (Å²) in [5.74, 6) is -0.913. The number of carboxylic acid groups (broad SMARTS) is 1. The lowest BCUT2D eigenvalue weighted by Gasteiger charge is -2.31. The maximum Gasteiger partial charge on any atom is 0.347 e. The molecule has 0 bridgehead atoms. The smallest absolute Gasteiger partial charge is 0.347 e. The molecule has 0 spiro atoms. The standard InChI is InChI=1S/C10H14N2O3S/c1-15-7-3-2-4-12(6-7)10-11-5-8(16-10)9(13)14/h5,7H,2-4,6H2,1H3,(H,13,14). The van der Waals surface area contributed by atoms with Gasteiger partial charge < -0.3 is 14.7 Å². The fourth-order valence-electron chi connectivity index (χ4n) is 1.81. The van der Waals surface area contributed by atoms with Crippen LogP contribution in [0.25, 0.3) is 0 Å². The van der Waals surface area contributed by atoms with Gasteiger partial charge in [-0.2, -0.15) is 0 Å². The van der Waals surface area contributed by atoms with Crippen LogP contribution in [0.3, 0.4) is 0 Å². The number of hydrogen-bond donors (Lipinski definition) is 1. The van der Waals surface area contributed by atoms with Crippen LogP contribution in [0, 0.1) is 0 Å². The molecule has 1 aromatic heterocycles. The minimum absolute atomic E-state index is 0.228. The van der Waals surface area contributed by atoms with Crippen molar-refractivity contribution >= 4 is 22.4 Å². The van der Waals surface area contributed by atoms with Crippen molar-refractivity contribution in [2.24, 2.45) is 0 Å². The molecule has 1 unspecified atom stereocenters. The van der Waals surface area contributed by atoms with Gasteiger partial charge in [0.15, 0.2) is 5.13 Å². The van der Waals surface area contributed by atoms with Crippen molar-refractivity contribution in [3.8, 4) is 0 Å². The molecule has 6 heteroatoms. The van der Waals surface area contributed by atoms with E-state index in [4.69, 9.17) is 9.84 Å². The van der Waals surface area contributed by atoms with E-state index in [2.05, 4.69) is 9.88 Å². The zero-order chi connectivity index (χ0) is 11.5. The van der Waals surface area contributed by atoms with Crippen LogP contribution in [0.15, 0.2) is 6.20 Å². The molecule has 0 aliphatic carbocycles. The lowest BCUT2D eigenvalue weighted by Crippen LogP contribution is -2.39. The van der Waals surface area contributed by atoms with E-state index in [1.54, 1.807) is 7.11 Å². The van der Waals surface area contributed by atoms with Gasteiger partial charge >= 0.3 is 5.97 Å². The summed E-state index contributed by atoms with van der Waals surface area (Å²) in [5, 5.41) is 9.60. The molecule has 88 valence electrons. The molecule has 0 aromatic carbocycles. The second kappa shape index (κ2) is 4.80. The Bertz CT molecular complexity index is 380. The fraction of sp³-hybridized carbons (Fsp3) is 0.600. The normalized spacial score (nSPS) is 21.1. The zero-order valence-corrected chi connectivity index (χ0v) is 9.87. The number of aromatic carboxylic acids is 1. The van der Waals surface area contributed by atoms with E-state index in [1.165, 1.54) is 17.5 Å². The second-order valence-corrected chi connectivity index (χ2v) is 4.77. The average molecular weight is 242 g/mol. The number of carboxylic acids is 1. The topological polar surface area (TPSA) is 62.7 Å². The molecule has 5 nitrogen and oxygen atoms in total. The molecular weight excluding hydrogens is 228 g/mol. The maximum absolute atomic E-state index is 10.7. The Kier molecular flexibility index (Phi) is 3.40. The molecule has 1 aromatic rings. The number of nitrogens with zero attached hydrogens (tertiary/aromatic N) is 2. The molecule has 0 radical (unpaired) electrons. The number of ether oxygens (including phenoxy) is 1. The summed E-state index contributed by atoms with van der Waals surface area (Å²) in [6, 6.07) is 0. The minimum Gasteiger partial charge on any atom is -0.477 e. The highest BCUT2D eigenvalue weighted by atomic mass is 32.1. The number of anilines is 1. The number of piperidine rings is 1. The first-order valence-corrected chi connectivity index (χ1v) is 5.99. The van der Waals surface area contributed by atoms with Crippen LogP contribution in [0.4, 0.5) is 5.13 Å². The summed E-state index contributed by atoms with van der Waals surface area (Å²) in [6.07, 6.45) is 3.76. The molecule has 0 saturated carbocycles. The van der Waals surface area contributed by atoms with Crippen molar-refractivity contribution in [3.05, 3.63) is 11.1 Å². The predicted octanol–water partition coefficient (Wildman–Crippen LogP) is 1.46. The molecule has 2 rings (SSSR count). The Morgan fingerprint density at radius 1 is 1.75 bits per heavy atom. The van der Waals surface area contributed by atoms with E-state index in [1.807, 2.05) is 0 Å². The molecule has 1 saturated heterocycles. The van der Waals surface area contributed by atoms with Gasteiger partial charge in [0.05, 0.1) is 12.3 Å². The summed E-state index contributed by atoms with van der Waals surface area (Å²) < 4.78 is 5.32. The van der Waals surface area contributed by atoms with Crippen molar-refractivity contribution in [3.63, 3.8) is 0 Å². The Labute approximate surface area is 97.7 Å². The van der Waals surface area contributed by atoms with E-state index in [0.717, 1.165) is 31.1 Å². The molecule has 2 heterocycles. The number of rotatable bonds is 3. The highest BCUT2D eigenvalue weighted by Gasteiger charge is 2.22. The first-order chi connectivity index (χ1) is 7.70. The number of hydrogen-bond acceptors (Lipinski definition) is 5.